The number of nitrogens with one attached hydrogen (secondary N) is 2. The van der Waals surface area contributed by atoms with Gasteiger partial charge in [0.15, 0.2) is 0 Å². The van der Waals surface area contributed by atoms with E-state index in [2.05, 4.69) is 17.2 Å². The van der Waals surface area contributed by atoms with E-state index in [4.69, 9.17) is 0 Å². The van der Waals surface area contributed by atoms with Gasteiger partial charge in [-0.25, -0.2) is 19.4 Å². The minimum absolute atomic E-state index is 0.216. The summed E-state index contributed by atoms with van der Waals surface area (Å²) in [6.45, 7) is 5.50. The second kappa shape index (κ2) is 10.1. The van der Waals surface area contributed by atoms with Crippen LogP contribution in [0.3, 0.4) is 0 Å². The molecule has 0 saturated carbocycles. The highest BCUT2D eigenvalue weighted by atomic mass is 16.2. The second-order valence-corrected chi connectivity index (χ2v) is 8.03. The third kappa shape index (κ3) is 4.76. The summed E-state index contributed by atoms with van der Waals surface area (Å²) in [4.78, 5) is 64.8. The number of carbonyl (C=O) groups excluding carboxylic acids is 5. The average molecular weight is 482 g/mol. The van der Waals surface area contributed by atoms with Gasteiger partial charge in [0.25, 0.3) is 11.8 Å². The molecular formula is C27H22N4O5. The highest BCUT2D eigenvalue weighted by molar-refractivity contribution is 6.37. The Bertz CT molecular complexity index is 1360. The fourth-order valence-electron chi connectivity index (χ4n) is 3.69. The lowest BCUT2D eigenvalue weighted by Crippen LogP contribution is -2.54. The Morgan fingerprint density at radius 1 is 0.833 bits per heavy atom. The van der Waals surface area contributed by atoms with Crippen LogP contribution >= 0.6 is 0 Å². The van der Waals surface area contributed by atoms with Crippen molar-refractivity contribution in [3.8, 4) is 0 Å². The van der Waals surface area contributed by atoms with E-state index >= 15 is 0 Å². The predicted octanol–water partition coefficient (Wildman–Crippen LogP) is 3.58. The Morgan fingerprint density at radius 2 is 1.39 bits per heavy atom. The number of para-hydroxylation sites is 2. The summed E-state index contributed by atoms with van der Waals surface area (Å²) in [6, 6.07) is 15.4. The number of nitrogens with zero attached hydrogens (tertiary/aromatic N) is 2. The molecule has 0 spiro atoms. The average Bonchev–Trinajstić information content (AvgIpc) is 2.84. The molecule has 0 aromatic heterocycles. The molecule has 2 aliphatic heterocycles. The second-order valence-electron chi connectivity index (χ2n) is 8.03. The summed E-state index contributed by atoms with van der Waals surface area (Å²) in [5, 5.41) is 4.77. The topological polar surface area (TPSA) is 116 Å². The summed E-state index contributed by atoms with van der Waals surface area (Å²) < 4.78 is 0. The first-order valence-electron chi connectivity index (χ1n) is 11.0. The summed E-state index contributed by atoms with van der Waals surface area (Å²) in [7, 11) is 0. The maximum Gasteiger partial charge on any atom is 0.335 e. The van der Waals surface area contributed by atoms with Crippen molar-refractivity contribution in [2.24, 2.45) is 5.92 Å². The van der Waals surface area contributed by atoms with E-state index in [1.807, 2.05) is 0 Å². The molecule has 7 amide bonds. The van der Waals surface area contributed by atoms with Crippen LogP contribution in [0.2, 0.25) is 0 Å². The maximum absolute atomic E-state index is 13.0. The van der Waals surface area contributed by atoms with Gasteiger partial charge in [-0.05, 0) is 37.3 Å². The molecule has 2 fully saturated rings. The standard InChI is InChI=1S/C27H22N4O5/c1-17(13-15-21-18(2)28-26(35)30(24(21)33)19-9-5-3-6-10-19)14-16-22-23(32)29-27(36)31(25(22)34)20-11-7-4-8-12-20/h3-16,21H,2H2,1H3,(H,28,35)(H,29,32,36)/b15-13+,17-14+,22-16-. The number of allylic oxidation sites excluding steroid dienone is 4. The molecule has 2 saturated heterocycles. The first-order chi connectivity index (χ1) is 17.3. The molecule has 2 aromatic rings. The van der Waals surface area contributed by atoms with Gasteiger partial charge in [-0.2, -0.15) is 0 Å². The van der Waals surface area contributed by atoms with E-state index < -0.39 is 35.7 Å². The van der Waals surface area contributed by atoms with E-state index in [1.54, 1.807) is 79.7 Å². The van der Waals surface area contributed by atoms with Gasteiger partial charge in [-0.15, -0.1) is 0 Å². The summed E-state index contributed by atoms with van der Waals surface area (Å²) >= 11 is 0. The van der Waals surface area contributed by atoms with Gasteiger partial charge in [-0.1, -0.05) is 66.8 Å². The SMILES string of the molecule is C=C1NC(=O)N(c2ccccc2)C(=O)C1/C=C/C(C)=C/C=C1/C(=O)NC(=O)N(c2ccccc2)C1=O. The number of hydrogen-bond acceptors (Lipinski definition) is 5. The van der Waals surface area contributed by atoms with Crippen LogP contribution < -0.4 is 20.4 Å². The normalized spacial score (nSPS) is 20.3. The lowest BCUT2D eigenvalue weighted by Gasteiger charge is -2.31. The third-order valence-corrected chi connectivity index (χ3v) is 5.53. The number of carbonyl (C=O) groups is 5. The van der Waals surface area contributed by atoms with E-state index in [1.165, 1.54) is 12.2 Å². The number of benzene rings is 2. The zero-order valence-corrected chi connectivity index (χ0v) is 19.3. The van der Waals surface area contributed by atoms with Crippen LogP contribution in [0.5, 0.6) is 0 Å². The zero-order valence-electron chi connectivity index (χ0n) is 19.3. The van der Waals surface area contributed by atoms with Crippen molar-refractivity contribution >= 4 is 41.2 Å². The van der Waals surface area contributed by atoms with E-state index in [-0.39, 0.29) is 11.3 Å². The van der Waals surface area contributed by atoms with Crippen LogP contribution in [0.25, 0.3) is 0 Å². The zero-order chi connectivity index (χ0) is 25.8. The number of rotatable bonds is 5. The van der Waals surface area contributed by atoms with Crippen LogP contribution in [0.4, 0.5) is 21.0 Å². The van der Waals surface area contributed by atoms with Gasteiger partial charge in [0.1, 0.15) is 5.57 Å². The Morgan fingerprint density at radius 3 is 2.00 bits per heavy atom. The molecule has 2 heterocycles. The summed E-state index contributed by atoms with van der Waals surface area (Å²) in [5.41, 5.74) is 1.39. The van der Waals surface area contributed by atoms with Crippen molar-refractivity contribution in [2.75, 3.05) is 9.80 Å². The van der Waals surface area contributed by atoms with Gasteiger partial charge in [0, 0.05) is 5.70 Å². The highest BCUT2D eigenvalue weighted by Gasteiger charge is 2.37. The van der Waals surface area contributed by atoms with E-state index in [9.17, 15) is 24.0 Å². The third-order valence-electron chi connectivity index (χ3n) is 5.53. The highest BCUT2D eigenvalue weighted by Crippen LogP contribution is 2.25. The van der Waals surface area contributed by atoms with Crippen molar-refractivity contribution in [1.29, 1.82) is 0 Å². The van der Waals surface area contributed by atoms with Crippen molar-refractivity contribution in [3.05, 3.63) is 108 Å². The minimum atomic E-state index is -0.826. The first-order valence-corrected chi connectivity index (χ1v) is 11.0. The van der Waals surface area contributed by atoms with Crippen molar-refractivity contribution in [2.45, 2.75) is 6.92 Å². The fraction of sp³-hybridized carbons (Fsp3) is 0.0741. The molecule has 0 radical (unpaired) electrons. The van der Waals surface area contributed by atoms with Crippen LogP contribution in [-0.4, -0.2) is 29.8 Å². The van der Waals surface area contributed by atoms with Gasteiger partial charge in [0.05, 0.1) is 17.3 Å². The number of hydrogen-bond donors (Lipinski definition) is 2. The Hall–Kier alpha value is -5.05. The molecule has 36 heavy (non-hydrogen) atoms. The number of imide groups is 3. The van der Waals surface area contributed by atoms with Gasteiger partial charge >= 0.3 is 12.1 Å². The van der Waals surface area contributed by atoms with Crippen molar-refractivity contribution < 1.29 is 24.0 Å². The summed E-state index contributed by atoms with van der Waals surface area (Å²) in [6.07, 6.45) is 6.03. The molecule has 9 heteroatoms. The van der Waals surface area contributed by atoms with E-state index in [0.717, 1.165) is 9.80 Å². The monoisotopic (exact) mass is 482 g/mol. The molecule has 0 bridgehead atoms. The minimum Gasteiger partial charge on any atom is -0.310 e. The number of urea groups is 2. The largest absolute Gasteiger partial charge is 0.335 e. The van der Waals surface area contributed by atoms with Crippen LogP contribution in [0.15, 0.2) is 108 Å². The molecule has 4 rings (SSSR count). The number of barbiturate groups is 1. The molecule has 1 atom stereocenters. The lowest BCUT2D eigenvalue weighted by molar-refractivity contribution is -0.123. The van der Waals surface area contributed by atoms with Crippen LogP contribution in [0, 0.1) is 5.92 Å². The Kier molecular flexibility index (Phi) is 6.73. The van der Waals surface area contributed by atoms with Crippen LogP contribution in [-0.2, 0) is 14.4 Å². The molecular weight excluding hydrogens is 460 g/mol. The Balaban J connectivity index is 1.54. The molecule has 2 aromatic carbocycles. The molecule has 2 aliphatic rings. The van der Waals surface area contributed by atoms with E-state index in [0.29, 0.717) is 16.9 Å². The molecule has 1 unspecified atom stereocenters. The number of amides is 7. The first kappa shape index (κ1) is 24.1. The molecule has 180 valence electrons. The fourth-order valence-corrected chi connectivity index (χ4v) is 3.69. The van der Waals surface area contributed by atoms with Gasteiger partial charge in [0.2, 0.25) is 5.91 Å². The quantitative estimate of drug-likeness (QED) is 0.384. The summed E-state index contributed by atoms with van der Waals surface area (Å²) in [5.74, 6) is -2.83. The Labute approximate surface area is 207 Å². The molecule has 9 nitrogen and oxygen atoms in total. The predicted molar refractivity (Wildman–Crippen MR) is 134 cm³/mol. The van der Waals surface area contributed by atoms with Crippen LogP contribution in [0.1, 0.15) is 6.92 Å². The van der Waals surface area contributed by atoms with Crippen molar-refractivity contribution in [3.63, 3.8) is 0 Å². The van der Waals surface area contributed by atoms with Crippen molar-refractivity contribution in [1.82, 2.24) is 10.6 Å². The maximum atomic E-state index is 13.0. The van der Waals surface area contributed by atoms with Gasteiger partial charge < -0.3 is 5.32 Å². The molecule has 2 N–H and O–H groups in total. The lowest BCUT2D eigenvalue weighted by atomic mass is 10.00. The smallest absolute Gasteiger partial charge is 0.310 e. The van der Waals surface area contributed by atoms with Gasteiger partial charge in [-0.3, -0.25) is 19.7 Å². The number of anilines is 2. The molecule has 0 aliphatic carbocycles.